The molecule has 0 aliphatic carbocycles. The van der Waals surface area contributed by atoms with Gasteiger partial charge < -0.3 is 15.2 Å². The van der Waals surface area contributed by atoms with Crippen LogP contribution >= 0.6 is 11.6 Å². The number of halogens is 1. The van der Waals surface area contributed by atoms with Crippen LogP contribution in [0.2, 0.25) is 5.02 Å². The Bertz CT molecular complexity index is 814. The van der Waals surface area contributed by atoms with Gasteiger partial charge in [0.1, 0.15) is 0 Å². The maximum atomic E-state index is 12.3. The van der Waals surface area contributed by atoms with Gasteiger partial charge in [-0.2, -0.15) is 0 Å². The number of hydrogen-bond donors (Lipinski definition) is 2. The summed E-state index contributed by atoms with van der Waals surface area (Å²) in [6, 6.07) is 7.36. The van der Waals surface area contributed by atoms with Gasteiger partial charge in [0.05, 0.1) is 11.3 Å². The van der Waals surface area contributed by atoms with Crippen LogP contribution in [0.25, 0.3) is 0 Å². The third-order valence-electron chi connectivity index (χ3n) is 3.18. The van der Waals surface area contributed by atoms with Crippen LogP contribution in [-0.2, 0) is 7.05 Å². The second kappa shape index (κ2) is 7.11. The Labute approximate surface area is 138 Å². The van der Waals surface area contributed by atoms with Crippen LogP contribution in [0.5, 0.6) is 0 Å². The van der Waals surface area contributed by atoms with Crippen molar-refractivity contribution in [1.29, 1.82) is 0 Å². The highest BCUT2D eigenvalue weighted by Crippen LogP contribution is 2.21. The van der Waals surface area contributed by atoms with Crippen molar-refractivity contribution in [1.82, 2.24) is 9.88 Å². The molecule has 2 rings (SSSR count). The average molecular weight is 334 g/mol. The van der Waals surface area contributed by atoms with Crippen LogP contribution in [0.15, 0.2) is 41.3 Å². The van der Waals surface area contributed by atoms with E-state index in [9.17, 15) is 14.4 Å². The summed E-state index contributed by atoms with van der Waals surface area (Å²) >= 11 is 5.92. The molecule has 0 aliphatic rings. The van der Waals surface area contributed by atoms with Gasteiger partial charge in [0.15, 0.2) is 0 Å². The van der Waals surface area contributed by atoms with Gasteiger partial charge in [-0.25, -0.2) is 0 Å². The smallest absolute Gasteiger partial charge is 0.255 e. The summed E-state index contributed by atoms with van der Waals surface area (Å²) in [7, 11) is 1.59. The van der Waals surface area contributed by atoms with Gasteiger partial charge >= 0.3 is 0 Å². The first kappa shape index (κ1) is 16.8. The number of aryl methyl sites for hydroxylation is 1. The van der Waals surface area contributed by atoms with Crippen LogP contribution < -0.4 is 16.2 Å². The zero-order valence-electron chi connectivity index (χ0n) is 12.7. The Morgan fingerprint density at radius 1 is 1.17 bits per heavy atom. The van der Waals surface area contributed by atoms with Crippen LogP contribution in [0.1, 0.15) is 27.6 Å². The largest absolute Gasteiger partial charge is 0.352 e. The number of amides is 2. The van der Waals surface area contributed by atoms with E-state index < -0.39 is 5.91 Å². The van der Waals surface area contributed by atoms with Crippen LogP contribution in [-0.4, -0.2) is 22.9 Å². The van der Waals surface area contributed by atoms with E-state index in [1.165, 1.54) is 29.0 Å². The van der Waals surface area contributed by atoms with Gasteiger partial charge in [-0.3, -0.25) is 14.4 Å². The summed E-state index contributed by atoms with van der Waals surface area (Å²) in [4.78, 5) is 35.9. The van der Waals surface area contributed by atoms with E-state index in [4.69, 9.17) is 11.6 Å². The first-order valence-electron chi connectivity index (χ1n) is 6.98. The summed E-state index contributed by atoms with van der Waals surface area (Å²) in [6.07, 6.45) is 1.50. The number of benzene rings is 1. The first-order chi connectivity index (χ1) is 10.9. The standard InChI is InChI=1S/C16H16ClN3O3/c1-3-18-16(23)12-9-11(17)4-5-13(12)19-15(22)10-6-7-20(2)14(21)8-10/h4-9H,3H2,1-2H3,(H,18,23)(H,19,22). The van der Waals surface area contributed by atoms with Crippen LogP contribution in [0.3, 0.4) is 0 Å². The van der Waals surface area contributed by atoms with Gasteiger partial charge in [0, 0.05) is 36.4 Å². The number of anilines is 1. The lowest BCUT2D eigenvalue weighted by atomic mass is 10.1. The highest BCUT2D eigenvalue weighted by Gasteiger charge is 2.15. The number of carbonyl (C=O) groups is 2. The molecule has 1 heterocycles. The summed E-state index contributed by atoms with van der Waals surface area (Å²) < 4.78 is 1.36. The van der Waals surface area contributed by atoms with Crippen molar-refractivity contribution >= 4 is 29.1 Å². The molecule has 2 aromatic rings. The Kier molecular flexibility index (Phi) is 5.18. The number of carbonyl (C=O) groups excluding carboxylic acids is 2. The summed E-state index contributed by atoms with van der Waals surface area (Å²) in [5.41, 5.74) is 0.505. The number of hydrogen-bond acceptors (Lipinski definition) is 3. The molecule has 0 radical (unpaired) electrons. The lowest BCUT2D eigenvalue weighted by molar-refractivity contribution is 0.0956. The molecule has 0 aliphatic heterocycles. The monoisotopic (exact) mass is 333 g/mol. The van der Waals surface area contributed by atoms with E-state index in [0.717, 1.165) is 0 Å². The average Bonchev–Trinajstić information content (AvgIpc) is 2.51. The molecule has 0 atom stereocenters. The maximum absolute atomic E-state index is 12.3. The molecule has 0 spiro atoms. The maximum Gasteiger partial charge on any atom is 0.255 e. The molecule has 0 saturated heterocycles. The van der Waals surface area contributed by atoms with E-state index in [1.54, 1.807) is 26.1 Å². The normalized spacial score (nSPS) is 10.2. The van der Waals surface area contributed by atoms with Gasteiger partial charge in [-0.05, 0) is 31.2 Å². The number of rotatable bonds is 4. The lowest BCUT2D eigenvalue weighted by Gasteiger charge is -2.11. The van der Waals surface area contributed by atoms with Crippen molar-refractivity contribution in [2.45, 2.75) is 6.92 Å². The van der Waals surface area contributed by atoms with Crippen LogP contribution in [0.4, 0.5) is 5.69 Å². The fourth-order valence-electron chi connectivity index (χ4n) is 1.95. The van der Waals surface area contributed by atoms with Gasteiger partial charge in [0.25, 0.3) is 17.4 Å². The molecular weight excluding hydrogens is 318 g/mol. The van der Waals surface area contributed by atoms with Gasteiger partial charge in [-0.1, -0.05) is 11.6 Å². The van der Waals surface area contributed by atoms with E-state index in [-0.39, 0.29) is 22.6 Å². The molecule has 6 nitrogen and oxygen atoms in total. The Morgan fingerprint density at radius 2 is 1.91 bits per heavy atom. The minimum Gasteiger partial charge on any atom is -0.352 e. The highest BCUT2D eigenvalue weighted by molar-refractivity contribution is 6.31. The number of aromatic nitrogens is 1. The number of pyridine rings is 1. The summed E-state index contributed by atoms with van der Waals surface area (Å²) in [5, 5.41) is 5.68. The van der Waals surface area contributed by atoms with E-state index in [0.29, 0.717) is 17.3 Å². The molecule has 0 unspecified atom stereocenters. The van der Waals surface area contributed by atoms with E-state index in [2.05, 4.69) is 10.6 Å². The quantitative estimate of drug-likeness (QED) is 0.898. The second-order valence-corrected chi connectivity index (χ2v) is 5.30. The second-order valence-electron chi connectivity index (χ2n) is 4.87. The topological polar surface area (TPSA) is 80.2 Å². The molecule has 1 aromatic heterocycles. The molecule has 0 saturated carbocycles. The van der Waals surface area contributed by atoms with E-state index >= 15 is 0 Å². The fraction of sp³-hybridized carbons (Fsp3) is 0.188. The molecule has 120 valence electrons. The molecule has 23 heavy (non-hydrogen) atoms. The van der Waals surface area contributed by atoms with Crippen molar-refractivity contribution in [2.24, 2.45) is 7.05 Å². The molecule has 0 fully saturated rings. The third kappa shape index (κ3) is 3.98. The predicted molar refractivity (Wildman–Crippen MR) is 89.1 cm³/mol. The molecule has 2 amide bonds. The molecule has 1 aromatic carbocycles. The SMILES string of the molecule is CCNC(=O)c1cc(Cl)ccc1NC(=O)c1ccn(C)c(=O)c1. The summed E-state index contributed by atoms with van der Waals surface area (Å²) in [6.45, 7) is 2.24. The Balaban J connectivity index is 2.32. The molecule has 0 bridgehead atoms. The summed E-state index contributed by atoms with van der Waals surface area (Å²) in [5.74, 6) is -0.815. The minimum absolute atomic E-state index is 0.213. The van der Waals surface area contributed by atoms with Crippen molar-refractivity contribution < 1.29 is 9.59 Å². The first-order valence-corrected chi connectivity index (χ1v) is 7.36. The predicted octanol–water partition coefficient (Wildman–Crippen LogP) is 2.04. The molecule has 2 N–H and O–H groups in total. The van der Waals surface area contributed by atoms with Crippen molar-refractivity contribution in [2.75, 3.05) is 11.9 Å². The van der Waals surface area contributed by atoms with Crippen LogP contribution in [0, 0.1) is 0 Å². The Morgan fingerprint density at radius 3 is 2.57 bits per heavy atom. The van der Waals surface area contributed by atoms with Gasteiger partial charge in [-0.15, -0.1) is 0 Å². The third-order valence-corrected chi connectivity index (χ3v) is 3.41. The fourth-order valence-corrected chi connectivity index (χ4v) is 2.13. The van der Waals surface area contributed by atoms with Crippen molar-refractivity contribution in [3.05, 3.63) is 63.0 Å². The van der Waals surface area contributed by atoms with E-state index in [1.807, 2.05) is 0 Å². The van der Waals surface area contributed by atoms with Crippen molar-refractivity contribution in [3.63, 3.8) is 0 Å². The molecule has 7 heteroatoms. The van der Waals surface area contributed by atoms with Crippen molar-refractivity contribution in [3.8, 4) is 0 Å². The number of nitrogens with one attached hydrogen (secondary N) is 2. The van der Waals surface area contributed by atoms with Gasteiger partial charge in [0.2, 0.25) is 0 Å². The minimum atomic E-state index is -0.476. The Hall–Kier alpha value is -2.60. The number of nitrogens with zero attached hydrogens (tertiary/aromatic N) is 1. The zero-order valence-corrected chi connectivity index (χ0v) is 13.5. The highest BCUT2D eigenvalue weighted by atomic mass is 35.5. The zero-order chi connectivity index (χ0) is 17.0. The lowest BCUT2D eigenvalue weighted by Crippen LogP contribution is -2.25. The molecular formula is C16H16ClN3O3.